The van der Waals surface area contributed by atoms with Gasteiger partial charge in [-0.05, 0) is 18.6 Å². The second-order valence-electron chi connectivity index (χ2n) is 3.43. The summed E-state index contributed by atoms with van der Waals surface area (Å²) in [5, 5.41) is 3.32. The molecule has 1 aromatic heterocycles. The zero-order chi connectivity index (χ0) is 11.1. The fourth-order valence-corrected chi connectivity index (χ4v) is 1.39. The van der Waals surface area contributed by atoms with Crippen LogP contribution >= 0.6 is 12.2 Å². The lowest BCUT2D eigenvalue weighted by Crippen LogP contribution is -2.12. The molecule has 0 atom stereocenters. The third kappa shape index (κ3) is 4.25. The van der Waals surface area contributed by atoms with E-state index in [4.69, 9.17) is 18.0 Å². The van der Waals surface area contributed by atoms with Crippen LogP contribution in [0.1, 0.15) is 31.9 Å². The van der Waals surface area contributed by atoms with Crippen LogP contribution in [0.25, 0.3) is 0 Å². The molecule has 1 rings (SSSR count). The monoisotopic (exact) mass is 223 g/mol. The summed E-state index contributed by atoms with van der Waals surface area (Å²) in [6.07, 6.45) is 5.38. The van der Waals surface area contributed by atoms with E-state index in [9.17, 15) is 0 Å². The van der Waals surface area contributed by atoms with Gasteiger partial charge in [-0.25, -0.2) is 0 Å². The maximum atomic E-state index is 5.50. The fourth-order valence-electron chi connectivity index (χ4n) is 1.28. The first-order chi connectivity index (χ1) is 7.24. The lowest BCUT2D eigenvalue weighted by Gasteiger charge is -2.06. The Kier molecular flexibility index (Phi) is 5.04. The summed E-state index contributed by atoms with van der Waals surface area (Å²) < 4.78 is 0. The summed E-state index contributed by atoms with van der Waals surface area (Å²) in [5.41, 5.74) is 7.20. The Labute approximate surface area is 96.1 Å². The molecule has 0 aliphatic rings. The second kappa shape index (κ2) is 6.35. The van der Waals surface area contributed by atoms with Crippen LogP contribution < -0.4 is 11.1 Å². The van der Waals surface area contributed by atoms with Gasteiger partial charge in [0.05, 0.1) is 5.69 Å². The Morgan fingerprint density at radius 2 is 2.33 bits per heavy atom. The van der Waals surface area contributed by atoms with E-state index in [-0.39, 0.29) is 0 Å². The third-order valence-corrected chi connectivity index (χ3v) is 2.33. The van der Waals surface area contributed by atoms with Crippen molar-refractivity contribution in [3.8, 4) is 0 Å². The highest BCUT2D eigenvalue weighted by Crippen LogP contribution is 2.08. The molecule has 82 valence electrons. The molecule has 1 heterocycles. The molecule has 3 nitrogen and oxygen atoms in total. The smallest absolute Gasteiger partial charge is 0.122 e. The van der Waals surface area contributed by atoms with Crippen molar-refractivity contribution in [2.45, 2.75) is 26.2 Å². The largest absolute Gasteiger partial charge is 0.388 e. The zero-order valence-corrected chi connectivity index (χ0v) is 9.81. The van der Waals surface area contributed by atoms with E-state index in [1.54, 1.807) is 6.20 Å². The van der Waals surface area contributed by atoms with Gasteiger partial charge in [-0.3, -0.25) is 4.98 Å². The van der Waals surface area contributed by atoms with Crippen LogP contribution in [-0.2, 0) is 0 Å². The van der Waals surface area contributed by atoms with Gasteiger partial charge >= 0.3 is 0 Å². The van der Waals surface area contributed by atoms with Crippen LogP contribution in [0.4, 0.5) is 5.69 Å². The van der Waals surface area contributed by atoms with Crippen molar-refractivity contribution in [2.75, 3.05) is 11.9 Å². The van der Waals surface area contributed by atoms with Crippen LogP contribution in [0.5, 0.6) is 0 Å². The van der Waals surface area contributed by atoms with Gasteiger partial charge in [-0.1, -0.05) is 32.0 Å². The van der Waals surface area contributed by atoms with Gasteiger partial charge in [0.25, 0.3) is 0 Å². The van der Waals surface area contributed by atoms with Crippen LogP contribution in [-0.4, -0.2) is 16.5 Å². The quantitative estimate of drug-likeness (QED) is 0.574. The Balaban J connectivity index is 2.47. The topological polar surface area (TPSA) is 50.9 Å². The molecule has 4 heteroatoms. The summed E-state index contributed by atoms with van der Waals surface area (Å²) in [5.74, 6) is 0. The highest BCUT2D eigenvalue weighted by Gasteiger charge is 1.98. The van der Waals surface area contributed by atoms with Crippen molar-refractivity contribution in [1.82, 2.24) is 4.98 Å². The summed E-state index contributed by atoms with van der Waals surface area (Å²) in [7, 11) is 0. The molecule has 0 amide bonds. The molecule has 1 aromatic rings. The molecule has 0 radical (unpaired) electrons. The number of rotatable bonds is 6. The Morgan fingerprint density at radius 1 is 1.53 bits per heavy atom. The molecule has 0 bridgehead atoms. The Morgan fingerprint density at radius 3 is 3.00 bits per heavy atom. The number of pyridine rings is 1. The van der Waals surface area contributed by atoms with Crippen molar-refractivity contribution in [3.05, 3.63) is 24.0 Å². The number of aromatic nitrogens is 1. The Hall–Kier alpha value is -1.16. The summed E-state index contributed by atoms with van der Waals surface area (Å²) in [6.45, 7) is 3.17. The van der Waals surface area contributed by atoms with Gasteiger partial charge in [0.2, 0.25) is 0 Å². The zero-order valence-electron chi connectivity index (χ0n) is 8.99. The summed E-state index contributed by atoms with van der Waals surface area (Å²) >= 11 is 4.86. The molecular weight excluding hydrogens is 206 g/mol. The number of nitrogens with one attached hydrogen (secondary N) is 1. The number of thiocarbonyl (C=S) groups is 1. The number of hydrogen-bond donors (Lipinski definition) is 2. The first-order valence-corrected chi connectivity index (χ1v) is 5.64. The van der Waals surface area contributed by atoms with Crippen molar-refractivity contribution in [1.29, 1.82) is 0 Å². The molecule has 15 heavy (non-hydrogen) atoms. The van der Waals surface area contributed by atoms with Gasteiger partial charge in [0, 0.05) is 18.4 Å². The molecule has 3 N–H and O–H groups in total. The van der Waals surface area contributed by atoms with Crippen LogP contribution in [0, 0.1) is 0 Å². The lowest BCUT2D eigenvalue weighted by molar-refractivity contribution is 0.743. The van der Waals surface area contributed by atoms with E-state index in [2.05, 4.69) is 17.2 Å². The third-order valence-electron chi connectivity index (χ3n) is 2.12. The number of unbranched alkanes of at least 4 members (excludes halogenated alkanes) is 2. The second-order valence-corrected chi connectivity index (χ2v) is 3.87. The van der Waals surface area contributed by atoms with Crippen molar-refractivity contribution >= 4 is 22.9 Å². The molecular formula is C11H17N3S. The predicted molar refractivity (Wildman–Crippen MR) is 68.1 cm³/mol. The minimum Gasteiger partial charge on any atom is -0.388 e. The average Bonchev–Trinajstić information content (AvgIpc) is 2.25. The van der Waals surface area contributed by atoms with E-state index in [0.717, 1.165) is 12.2 Å². The van der Waals surface area contributed by atoms with Gasteiger partial charge in [0.1, 0.15) is 4.99 Å². The molecule has 0 aliphatic heterocycles. The summed E-state index contributed by atoms with van der Waals surface area (Å²) in [4.78, 5) is 4.42. The van der Waals surface area contributed by atoms with Crippen molar-refractivity contribution in [2.24, 2.45) is 5.73 Å². The highest BCUT2D eigenvalue weighted by molar-refractivity contribution is 7.80. The molecule has 0 saturated carbocycles. The van der Waals surface area contributed by atoms with Crippen LogP contribution in [0.3, 0.4) is 0 Å². The lowest BCUT2D eigenvalue weighted by atomic mass is 10.2. The minimum atomic E-state index is 0.340. The van der Waals surface area contributed by atoms with Gasteiger partial charge in [-0.15, -0.1) is 0 Å². The SMILES string of the molecule is CCCCCNc1ccnc(C(N)=S)c1. The highest BCUT2D eigenvalue weighted by atomic mass is 32.1. The predicted octanol–water partition coefficient (Wildman–Crippen LogP) is 2.32. The van der Waals surface area contributed by atoms with E-state index in [0.29, 0.717) is 10.7 Å². The minimum absolute atomic E-state index is 0.340. The fraction of sp³-hybridized carbons (Fsp3) is 0.455. The van der Waals surface area contributed by atoms with E-state index < -0.39 is 0 Å². The van der Waals surface area contributed by atoms with Crippen LogP contribution in [0.15, 0.2) is 18.3 Å². The van der Waals surface area contributed by atoms with E-state index in [1.165, 1.54) is 19.3 Å². The maximum absolute atomic E-state index is 5.50. The molecule has 0 aliphatic carbocycles. The van der Waals surface area contributed by atoms with Crippen LogP contribution in [0.2, 0.25) is 0 Å². The van der Waals surface area contributed by atoms with E-state index >= 15 is 0 Å². The molecule has 0 saturated heterocycles. The first kappa shape index (κ1) is 11.9. The van der Waals surface area contributed by atoms with Gasteiger partial charge < -0.3 is 11.1 Å². The molecule has 0 unspecified atom stereocenters. The van der Waals surface area contributed by atoms with E-state index in [1.807, 2.05) is 12.1 Å². The molecule has 0 fully saturated rings. The maximum Gasteiger partial charge on any atom is 0.122 e. The number of hydrogen-bond acceptors (Lipinski definition) is 3. The number of anilines is 1. The van der Waals surface area contributed by atoms with Crippen molar-refractivity contribution in [3.63, 3.8) is 0 Å². The average molecular weight is 223 g/mol. The summed E-state index contributed by atoms with van der Waals surface area (Å²) in [6, 6.07) is 3.81. The number of nitrogens with two attached hydrogens (primary N) is 1. The standard InChI is InChI=1S/C11H17N3S/c1-2-3-4-6-13-9-5-7-14-10(8-9)11(12)15/h5,7-8H,2-4,6H2,1H3,(H2,12,15)(H,13,14). The normalized spacial score (nSPS) is 9.93. The Bertz CT molecular complexity index is 325. The van der Waals surface area contributed by atoms with Gasteiger partial charge in [-0.2, -0.15) is 0 Å². The van der Waals surface area contributed by atoms with Crippen molar-refractivity contribution < 1.29 is 0 Å². The number of nitrogens with zero attached hydrogens (tertiary/aromatic N) is 1. The van der Waals surface area contributed by atoms with Gasteiger partial charge in [0.15, 0.2) is 0 Å². The first-order valence-electron chi connectivity index (χ1n) is 5.23. The molecule has 0 aromatic carbocycles. The molecule has 0 spiro atoms.